The van der Waals surface area contributed by atoms with E-state index in [2.05, 4.69) is 39.9 Å². The van der Waals surface area contributed by atoms with Gasteiger partial charge in [0, 0.05) is 20.1 Å². The quantitative estimate of drug-likeness (QED) is 0.271. The van der Waals surface area contributed by atoms with Crippen molar-refractivity contribution in [3.63, 3.8) is 0 Å². The van der Waals surface area contributed by atoms with Crippen LogP contribution >= 0.6 is 39.5 Å². The molecule has 23 heavy (non-hydrogen) atoms. The molecule has 0 saturated heterocycles. The third-order valence-corrected chi connectivity index (χ3v) is 5.88. The number of amides is 1. The fraction of sp³-hybridized carbons (Fsp3) is 0.176. The molecule has 0 aromatic heterocycles. The summed E-state index contributed by atoms with van der Waals surface area (Å²) >= 11 is 6.95. The van der Waals surface area contributed by atoms with Gasteiger partial charge in [0.15, 0.2) is 0 Å². The minimum absolute atomic E-state index is 0.143. The molecule has 0 bridgehead atoms. The molecule has 1 amide bonds. The van der Waals surface area contributed by atoms with Crippen LogP contribution in [-0.4, -0.2) is 23.5 Å². The lowest BCUT2D eigenvalue weighted by Crippen LogP contribution is -2.12. The summed E-state index contributed by atoms with van der Waals surface area (Å²) in [7, 11) is 0. The van der Waals surface area contributed by atoms with Crippen molar-refractivity contribution in [2.24, 2.45) is 4.99 Å². The zero-order chi connectivity index (χ0) is 16.7. The molecule has 120 valence electrons. The molecule has 0 aliphatic heterocycles. The van der Waals surface area contributed by atoms with E-state index >= 15 is 0 Å². The van der Waals surface area contributed by atoms with Crippen molar-refractivity contribution < 1.29 is 4.79 Å². The molecule has 6 heteroatoms. The highest BCUT2D eigenvalue weighted by atomic mass is 79.9. The Labute approximate surface area is 153 Å². The smallest absolute Gasteiger partial charge is 0.256 e. The Bertz CT molecular complexity index is 707. The summed E-state index contributed by atoms with van der Waals surface area (Å²) in [5, 5.41) is 3.88. The van der Waals surface area contributed by atoms with E-state index in [0.29, 0.717) is 5.56 Å². The van der Waals surface area contributed by atoms with Gasteiger partial charge in [0.2, 0.25) is 0 Å². The molecule has 0 unspecified atom stereocenters. The molecule has 0 aliphatic carbocycles. The van der Waals surface area contributed by atoms with Gasteiger partial charge < -0.3 is 5.32 Å². The first-order valence-electron chi connectivity index (χ1n) is 7.03. The molecular weight excluding hydrogens is 392 g/mol. The second-order valence-corrected chi connectivity index (χ2v) is 8.04. The molecule has 0 spiro atoms. The highest BCUT2D eigenvalue weighted by Crippen LogP contribution is 2.34. The summed E-state index contributed by atoms with van der Waals surface area (Å²) in [6, 6.07) is 13.0. The van der Waals surface area contributed by atoms with Crippen LogP contribution in [0, 0.1) is 0 Å². The highest BCUT2D eigenvalue weighted by Gasteiger charge is 2.11. The van der Waals surface area contributed by atoms with Crippen LogP contribution in [0.3, 0.4) is 0 Å². The monoisotopic (exact) mass is 408 g/mol. The molecule has 0 aliphatic rings. The van der Waals surface area contributed by atoms with E-state index in [-0.39, 0.29) is 5.91 Å². The van der Waals surface area contributed by atoms with Gasteiger partial charge in [0.1, 0.15) is 0 Å². The number of nitrogens with zero attached hydrogens (tertiary/aromatic N) is 1. The summed E-state index contributed by atoms with van der Waals surface area (Å²) in [5.41, 5.74) is 2.20. The molecule has 2 aromatic carbocycles. The van der Waals surface area contributed by atoms with Gasteiger partial charge in [-0.3, -0.25) is 9.79 Å². The number of hydrogen-bond donors (Lipinski definition) is 1. The molecule has 2 rings (SSSR count). The number of halogens is 1. The number of hydrogen-bond acceptors (Lipinski definition) is 4. The third-order valence-electron chi connectivity index (χ3n) is 3.01. The molecule has 0 fully saturated rings. The van der Waals surface area contributed by atoms with Crippen molar-refractivity contribution in [3.8, 4) is 0 Å². The second kappa shape index (κ2) is 9.15. The number of nitrogens with one attached hydrogen (secondary N) is 1. The maximum atomic E-state index is 12.4. The van der Waals surface area contributed by atoms with Crippen molar-refractivity contribution in [2.45, 2.75) is 11.8 Å². The summed E-state index contributed by atoms with van der Waals surface area (Å²) in [6.45, 7) is 5.74. The lowest BCUT2D eigenvalue weighted by Gasteiger charge is -2.10. The number of carbonyl (C=O) groups excluding carboxylic acids is 1. The van der Waals surface area contributed by atoms with Gasteiger partial charge in [-0.05, 0) is 58.7 Å². The number of rotatable bonds is 7. The van der Waals surface area contributed by atoms with Crippen molar-refractivity contribution >= 4 is 63.5 Å². The van der Waals surface area contributed by atoms with E-state index in [1.54, 1.807) is 17.8 Å². The average Bonchev–Trinajstić information content (AvgIpc) is 2.55. The van der Waals surface area contributed by atoms with Crippen LogP contribution < -0.4 is 5.32 Å². The second-order valence-electron chi connectivity index (χ2n) is 4.53. The van der Waals surface area contributed by atoms with Gasteiger partial charge >= 0.3 is 0 Å². The van der Waals surface area contributed by atoms with Gasteiger partial charge in [0.25, 0.3) is 5.91 Å². The zero-order valence-electron chi connectivity index (χ0n) is 12.7. The van der Waals surface area contributed by atoms with E-state index in [1.165, 1.54) is 0 Å². The van der Waals surface area contributed by atoms with Crippen LogP contribution in [0.15, 0.2) is 56.8 Å². The molecule has 3 nitrogen and oxygen atoms in total. The summed E-state index contributed by atoms with van der Waals surface area (Å²) in [4.78, 5) is 17.4. The molecule has 0 saturated carbocycles. The standard InChI is InChI=1S/C17H17BrN2OS2/c1-3-22-11-23-16-10-12(8-9-15(16)19-2)20-17(21)13-6-4-5-7-14(13)18/h4-10H,2-3,11H2,1H3,(H,20,21). The molecule has 0 radical (unpaired) electrons. The first-order valence-corrected chi connectivity index (χ1v) is 9.96. The largest absolute Gasteiger partial charge is 0.322 e. The van der Waals surface area contributed by atoms with Crippen LogP contribution in [0.25, 0.3) is 0 Å². The third kappa shape index (κ3) is 5.12. The molecule has 0 heterocycles. The van der Waals surface area contributed by atoms with Crippen molar-refractivity contribution in [3.05, 3.63) is 52.5 Å². The Morgan fingerprint density at radius 1 is 1.30 bits per heavy atom. The van der Waals surface area contributed by atoms with Crippen LogP contribution in [0.2, 0.25) is 0 Å². The van der Waals surface area contributed by atoms with Gasteiger partial charge in [-0.25, -0.2) is 0 Å². The SMILES string of the molecule is C=Nc1ccc(NC(=O)c2ccccc2Br)cc1SCSCC. The number of carbonyl (C=O) groups is 1. The summed E-state index contributed by atoms with van der Waals surface area (Å²) < 4.78 is 0.774. The predicted molar refractivity (Wildman–Crippen MR) is 107 cm³/mol. The van der Waals surface area contributed by atoms with Gasteiger partial charge in [-0.2, -0.15) is 11.8 Å². The Balaban J connectivity index is 2.16. The molecule has 1 N–H and O–H groups in total. The van der Waals surface area contributed by atoms with Crippen LogP contribution in [0.1, 0.15) is 17.3 Å². The molecule has 0 atom stereocenters. The number of aliphatic imine (C=N–C) groups is 1. The average molecular weight is 409 g/mol. The van der Waals surface area contributed by atoms with Gasteiger partial charge in [-0.15, -0.1) is 11.8 Å². The maximum absolute atomic E-state index is 12.4. The molecule has 2 aromatic rings. The van der Waals surface area contributed by atoms with E-state index in [1.807, 2.05) is 48.2 Å². The van der Waals surface area contributed by atoms with E-state index in [0.717, 1.165) is 31.6 Å². The maximum Gasteiger partial charge on any atom is 0.256 e. The lowest BCUT2D eigenvalue weighted by molar-refractivity contribution is 0.102. The summed E-state index contributed by atoms with van der Waals surface area (Å²) in [5.74, 6) is 0.929. The van der Waals surface area contributed by atoms with Crippen molar-refractivity contribution in [1.29, 1.82) is 0 Å². The van der Waals surface area contributed by atoms with Gasteiger partial charge in [-0.1, -0.05) is 19.1 Å². The Morgan fingerprint density at radius 3 is 2.78 bits per heavy atom. The Kier molecular flexibility index (Phi) is 7.20. The molecular formula is C17H17BrN2OS2. The van der Waals surface area contributed by atoms with E-state index in [4.69, 9.17) is 0 Å². The normalized spacial score (nSPS) is 10.3. The first kappa shape index (κ1) is 18.1. The van der Waals surface area contributed by atoms with E-state index in [9.17, 15) is 4.79 Å². The fourth-order valence-electron chi connectivity index (χ4n) is 1.87. The number of thioether (sulfide) groups is 2. The fourth-order valence-corrected chi connectivity index (χ4v) is 4.33. The van der Waals surface area contributed by atoms with Gasteiger partial charge in [0.05, 0.1) is 11.3 Å². The first-order chi connectivity index (χ1) is 11.2. The predicted octanol–water partition coefficient (Wildman–Crippen LogP) is 5.84. The van der Waals surface area contributed by atoms with Crippen LogP contribution in [0.5, 0.6) is 0 Å². The lowest BCUT2D eigenvalue weighted by atomic mass is 10.2. The van der Waals surface area contributed by atoms with Crippen molar-refractivity contribution in [2.75, 3.05) is 16.2 Å². The number of anilines is 1. The Hall–Kier alpha value is -1.24. The topological polar surface area (TPSA) is 41.5 Å². The summed E-state index contributed by atoms with van der Waals surface area (Å²) in [6.07, 6.45) is 0. The van der Waals surface area contributed by atoms with Crippen LogP contribution in [0.4, 0.5) is 11.4 Å². The van der Waals surface area contributed by atoms with E-state index < -0.39 is 0 Å². The minimum Gasteiger partial charge on any atom is -0.322 e. The van der Waals surface area contributed by atoms with Crippen LogP contribution in [-0.2, 0) is 0 Å². The Morgan fingerprint density at radius 2 is 2.09 bits per heavy atom. The zero-order valence-corrected chi connectivity index (χ0v) is 15.9. The highest BCUT2D eigenvalue weighted by molar-refractivity contribution is 9.10. The minimum atomic E-state index is -0.143. The number of benzene rings is 2. The van der Waals surface area contributed by atoms with Crippen molar-refractivity contribution in [1.82, 2.24) is 0 Å².